The lowest BCUT2D eigenvalue weighted by molar-refractivity contribution is 0.163. The van der Waals surface area contributed by atoms with Gasteiger partial charge in [-0.2, -0.15) is 0 Å². The molecule has 1 saturated carbocycles. The molecule has 1 aromatic rings. The Morgan fingerprint density at radius 2 is 2.15 bits per heavy atom. The highest BCUT2D eigenvalue weighted by molar-refractivity contribution is 7.11. The van der Waals surface area contributed by atoms with E-state index in [0.717, 1.165) is 24.9 Å². The molecule has 4 heteroatoms. The third-order valence-corrected chi connectivity index (χ3v) is 5.99. The Bertz CT molecular complexity index is 431. The first-order valence-electron chi connectivity index (χ1n) is 8.14. The molecule has 2 heterocycles. The summed E-state index contributed by atoms with van der Waals surface area (Å²) in [5.74, 6) is 0.718. The number of hydrogen-bond acceptors (Lipinski definition) is 4. The van der Waals surface area contributed by atoms with E-state index in [0.29, 0.717) is 0 Å². The van der Waals surface area contributed by atoms with Crippen LogP contribution >= 0.6 is 11.3 Å². The Morgan fingerprint density at radius 1 is 1.35 bits per heavy atom. The second-order valence-corrected chi connectivity index (χ2v) is 7.67. The fourth-order valence-corrected chi connectivity index (χ4v) is 4.30. The number of aromatic nitrogens is 1. The van der Waals surface area contributed by atoms with Gasteiger partial charge in [0.05, 0.1) is 10.7 Å². The molecule has 2 unspecified atom stereocenters. The maximum absolute atomic E-state index is 6.11. The van der Waals surface area contributed by atoms with E-state index in [1.807, 2.05) is 11.3 Å². The normalized spacial score (nSPS) is 25.9. The summed E-state index contributed by atoms with van der Waals surface area (Å²) < 4.78 is 0. The molecule has 3 rings (SSSR count). The zero-order valence-corrected chi connectivity index (χ0v) is 13.6. The van der Waals surface area contributed by atoms with Gasteiger partial charge in [-0.25, -0.2) is 4.98 Å². The van der Waals surface area contributed by atoms with Crippen molar-refractivity contribution in [2.45, 2.75) is 70.4 Å². The van der Waals surface area contributed by atoms with Gasteiger partial charge in [0.15, 0.2) is 0 Å². The lowest BCUT2D eigenvalue weighted by Crippen LogP contribution is -2.38. The molecule has 0 bridgehead atoms. The predicted molar refractivity (Wildman–Crippen MR) is 85.3 cm³/mol. The summed E-state index contributed by atoms with van der Waals surface area (Å²) in [5.41, 5.74) is 7.44. The number of rotatable bonds is 5. The summed E-state index contributed by atoms with van der Waals surface area (Å²) in [6.07, 6.45) is 7.84. The largest absolute Gasteiger partial charge is 0.323 e. The molecule has 1 aromatic heterocycles. The Kier molecular flexibility index (Phi) is 4.43. The molecule has 0 spiro atoms. The Labute approximate surface area is 126 Å². The molecule has 2 N–H and O–H groups in total. The molecular weight excluding hydrogens is 266 g/mol. The van der Waals surface area contributed by atoms with Crippen molar-refractivity contribution in [1.82, 2.24) is 9.88 Å². The third-order valence-electron chi connectivity index (χ3n) is 4.66. The zero-order chi connectivity index (χ0) is 14.1. The van der Waals surface area contributed by atoms with E-state index < -0.39 is 0 Å². The van der Waals surface area contributed by atoms with Crippen LogP contribution in [0, 0.1) is 0 Å². The number of thiazole rings is 1. The molecule has 0 aromatic carbocycles. The summed E-state index contributed by atoms with van der Waals surface area (Å²) >= 11 is 1.86. The molecule has 3 nitrogen and oxygen atoms in total. The van der Waals surface area contributed by atoms with Gasteiger partial charge in [0.25, 0.3) is 0 Å². The lowest BCUT2D eigenvalue weighted by atomic mass is 10.0. The minimum atomic E-state index is 0.144. The van der Waals surface area contributed by atoms with Gasteiger partial charge in [-0.3, -0.25) is 0 Å². The quantitative estimate of drug-likeness (QED) is 0.904. The summed E-state index contributed by atoms with van der Waals surface area (Å²) in [7, 11) is 0. The lowest BCUT2D eigenvalue weighted by Gasteiger charge is -2.33. The van der Waals surface area contributed by atoms with Crippen molar-refractivity contribution in [3.05, 3.63) is 15.6 Å². The second kappa shape index (κ2) is 6.12. The van der Waals surface area contributed by atoms with Gasteiger partial charge in [-0.05, 0) is 46.1 Å². The van der Waals surface area contributed by atoms with Crippen LogP contribution in [-0.2, 0) is 6.42 Å². The van der Waals surface area contributed by atoms with E-state index in [9.17, 15) is 0 Å². The van der Waals surface area contributed by atoms with Crippen LogP contribution in [0.15, 0.2) is 0 Å². The van der Waals surface area contributed by atoms with Gasteiger partial charge in [0, 0.05) is 35.8 Å². The number of nitrogens with zero attached hydrogens (tertiary/aromatic N) is 2. The van der Waals surface area contributed by atoms with E-state index in [2.05, 4.69) is 18.7 Å². The number of likely N-dealkylation sites (tertiary alicyclic amines) is 1. The maximum atomic E-state index is 6.11. The predicted octanol–water partition coefficient (Wildman–Crippen LogP) is 3.46. The van der Waals surface area contributed by atoms with Crippen LogP contribution in [0.3, 0.4) is 0 Å². The first-order valence-corrected chi connectivity index (χ1v) is 8.96. The zero-order valence-electron chi connectivity index (χ0n) is 12.8. The monoisotopic (exact) mass is 293 g/mol. The van der Waals surface area contributed by atoms with Gasteiger partial charge >= 0.3 is 0 Å². The molecule has 1 saturated heterocycles. The number of hydrogen-bond donors (Lipinski definition) is 1. The topological polar surface area (TPSA) is 42.1 Å². The molecule has 112 valence electrons. The van der Waals surface area contributed by atoms with E-state index in [1.165, 1.54) is 54.2 Å². The number of piperidine rings is 1. The van der Waals surface area contributed by atoms with Crippen LogP contribution in [0.4, 0.5) is 0 Å². The SMILES string of the molecule is CC(N)c1sc(CCN2CCCCC2C)nc1C1CC1. The average molecular weight is 293 g/mol. The molecule has 2 aliphatic rings. The van der Waals surface area contributed by atoms with Crippen LogP contribution < -0.4 is 5.73 Å². The highest BCUT2D eigenvalue weighted by atomic mass is 32.1. The van der Waals surface area contributed by atoms with Crippen molar-refractivity contribution in [2.24, 2.45) is 5.73 Å². The van der Waals surface area contributed by atoms with Crippen LogP contribution in [0.25, 0.3) is 0 Å². The Morgan fingerprint density at radius 3 is 2.80 bits per heavy atom. The average Bonchev–Trinajstić information content (AvgIpc) is 3.18. The fraction of sp³-hybridized carbons (Fsp3) is 0.812. The second-order valence-electron chi connectivity index (χ2n) is 6.55. The Balaban J connectivity index is 1.63. The minimum Gasteiger partial charge on any atom is -0.323 e. The standard InChI is InChI=1S/C16H27N3S/c1-11-5-3-4-9-19(11)10-8-14-18-15(13-6-7-13)16(20-14)12(2)17/h11-13H,3-10,17H2,1-2H3. The van der Waals surface area contributed by atoms with Crippen LogP contribution in [0.1, 0.15) is 73.5 Å². The molecule has 0 amide bonds. The minimum absolute atomic E-state index is 0.144. The van der Waals surface area contributed by atoms with Crippen molar-refractivity contribution in [1.29, 1.82) is 0 Å². The smallest absolute Gasteiger partial charge is 0.0944 e. The Hall–Kier alpha value is -0.450. The van der Waals surface area contributed by atoms with Crippen molar-refractivity contribution < 1.29 is 0 Å². The van der Waals surface area contributed by atoms with E-state index in [-0.39, 0.29) is 6.04 Å². The van der Waals surface area contributed by atoms with E-state index >= 15 is 0 Å². The van der Waals surface area contributed by atoms with Crippen molar-refractivity contribution >= 4 is 11.3 Å². The fourth-order valence-electron chi connectivity index (χ4n) is 3.20. The summed E-state index contributed by atoms with van der Waals surface area (Å²) in [4.78, 5) is 8.89. The van der Waals surface area contributed by atoms with E-state index in [1.54, 1.807) is 0 Å². The molecule has 2 fully saturated rings. The highest BCUT2D eigenvalue weighted by Gasteiger charge is 2.30. The molecule has 0 radical (unpaired) electrons. The van der Waals surface area contributed by atoms with Crippen LogP contribution in [0.2, 0.25) is 0 Å². The summed E-state index contributed by atoms with van der Waals surface area (Å²) in [6, 6.07) is 0.894. The number of nitrogens with two attached hydrogens (primary N) is 1. The maximum Gasteiger partial charge on any atom is 0.0944 e. The summed E-state index contributed by atoms with van der Waals surface area (Å²) in [5, 5.41) is 1.30. The highest BCUT2D eigenvalue weighted by Crippen LogP contribution is 2.44. The van der Waals surface area contributed by atoms with Crippen molar-refractivity contribution in [3.63, 3.8) is 0 Å². The molecule has 1 aliphatic heterocycles. The summed E-state index contributed by atoms with van der Waals surface area (Å²) in [6.45, 7) is 6.89. The van der Waals surface area contributed by atoms with Crippen molar-refractivity contribution in [3.8, 4) is 0 Å². The molecule has 1 aliphatic carbocycles. The van der Waals surface area contributed by atoms with Crippen molar-refractivity contribution in [2.75, 3.05) is 13.1 Å². The van der Waals surface area contributed by atoms with Gasteiger partial charge in [0.1, 0.15) is 0 Å². The van der Waals surface area contributed by atoms with Crippen LogP contribution in [0.5, 0.6) is 0 Å². The van der Waals surface area contributed by atoms with Crippen LogP contribution in [-0.4, -0.2) is 29.0 Å². The molecule has 2 atom stereocenters. The van der Waals surface area contributed by atoms with Gasteiger partial charge in [0.2, 0.25) is 0 Å². The third kappa shape index (κ3) is 3.23. The first-order chi connectivity index (χ1) is 9.65. The van der Waals surface area contributed by atoms with Gasteiger partial charge < -0.3 is 10.6 Å². The van der Waals surface area contributed by atoms with Gasteiger partial charge in [-0.15, -0.1) is 11.3 Å². The van der Waals surface area contributed by atoms with E-state index in [4.69, 9.17) is 10.7 Å². The first kappa shape index (κ1) is 14.5. The van der Waals surface area contributed by atoms with Gasteiger partial charge in [-0.1, -0.05) is 6.42 Å². The molecular formula is C16H27N3S. The molecule has 20 heavy (non-hydrogen) atoms.